The van der Waals surface area contributed by atoms with Gasteiger partial charge in [0, 0.05) is 39.8 Å². The molecule has 0 aliphatic carbocycles. The lowest BCUT2D eigenvalue weighted by Crippen LogP contribution is -2.60. The van der Waals surface area contributed by atoms with Crippen LogP contribution in [0.25, 0.3) is 17.0 Å². The number of rotatable bonds is 10. The van der Waals surface area contributed by atoms with Crippen molar-refractivity contribution in [3.8, 4) is 11.7 Å². The van der Waals surface area contributed by atoms with Crippen LogP contribution in [0.5, 0.6) is 5.75 Å². The van der Waals surface area contributed by atoms with Crippen molar-refractivity contribution in [3.05, 3.63) is 24.0 Å². The van der Waals surface area contributed by atoms with Crippen molar-refractivity contribution >= 4 is 33.0 Å². The van der Waals surface area contributed by atoms with Gasteiger partial charge in [-0.1, -0.05) is 6.07 Å². The number of sulfonamides is 1. The Bertz CT molecular complexity index is 1460. The molecular formula is C24H33F2N9O4S. The van der Waals surface area contributed by atoms with Crippen molar-refractivity contribution in [1.82, 2.24) is 33.7 Å². The van der Waals surface area contributed by atoms with E-state index in [-0.39, 0.29) is 29.2 Å². The highest BCUT2D eigenvalue weighted by Crippen LogP contribution is 2.33. The number of nitrogens with zero attached hydrogens (tertiary/aromatic N) is 9. The van der Waals surface area contributed by atoms with Crippen LogP contribution in [-0.4, -0.2) is 128 Å². The molecule has 2 fully saturated rings. The number of imidazole rings is 1. The van der Waals surface area contributed by atoms with Gasteiger partial charge in [-0.05, 0) is 26.2 Å². The maximum absolute atomic E-state index is 14.2. The number of fused-ring (bicyclic) bond motifs is 1. The molecule has 0 radical (unpaired) electrons. The number of para-hydroxylation sites is 1. The highest BCUT2D eigenvalue weighted by atomic mass is 32.2. The van der Waals surface area contributed by atoms with Gasteiger partial charge in [-0.15, -0.1) is 0 Å². The molecular weight excluding hydrogens is 548 g/mol. The molecule has 1 aromatic carbocycles. The van der Waals surface area contributed by atoms with Crippen molar-refractivity contribution in [2.45, 2.75) is 12.5 Å². The first-order chi connectivity index (χ1) is 19.1. The Balaban J connectivity index is 1.51. The van der Waals surface area contributed by atoms with E-state index in [0.29, 0.717) is 63.2 Å². The van der Waals surface area contributed by atoms with Crippen molar-refractivity contribution in [1.29, 1.82) is 0 Å². The van der Waals surface area contributed by atoms with Gasteiger partial charge < -0.3 is 24.2 Å². The van der Waals surface area contributed by atoms with Crippen molar-refractivity contribution < 1.29 is 26.7 Å². The highest BCUT2D eigenvalue weighted by molar-refractivity contribution is 7.89. The van der Waals surface area contributed by atoms with Gasteiger partial charge in [-0.3, -0.25) is 4.57 Å². The molecule has 13 nitrogen and oxygen atoms in total. The normalized spacial score (nSPS) is 16.9. The van der Waals surface area contributed by atoms with Gasteiger partial charge in [0.05, 0.1) is 37.6 Å². The summed E-state index contributed by atoms with van der Waals surface area (Å²) in [6, 6.07) is 4.72. The molecule has 0 saturated carbocycles. The molecule has 0 amide bonds. The van der Waals surface area contributed by atoms with E-state index in [0.717, 1.165) is 0 Å². The zero-order valence-electron chi connectivity index (χ0n) is 22.9. The van der Waals surface area contributed by atoms with E-state index >= 15 is 0 Å². The van der Waals surface area contributed by atoms with Crippen LogP contribution in [0, 0.1) is 0 Å². The van der Waals surface area contributed by atoms with Gasteiger partial charge in [0.15, 0.2) is 5.82 Å². The predicted molar refractivity (Wildman–Crippen MR) is 145 cm³/mol. The third kappa shape index (κ3) is 5.53. The van der Waals surface area contributed by atoms with Crippen LogP contribution >= 0.6 is 0 Å². The molecule has 3 aromatic rings. The Labute approximate surface area is 231 Å². The first-order valence-corrected chi connectivity index (χ1v) is 14.5. The number of alkyl halides is 2. The number of hydrogen-bond acceptors (Lipinski definition) is 11. The Morgan fingerprint density at radius 3 is 2.30 bits per heavy atom. The number of anilines is 2. The van der Waals surface area contributed by atoms with Crippen LogP contribution in [0.2, 0.25) is 0 Å². The Morgan fingerprint density at radius 1 is 1.02 bits per heavy atom. The van der Waals surface area contributed by atoms with Crippen LogP contribution in [0.4, 0.5) is 20.7 Å². The number of aromatic nitrogens is 5. The van der Waals surface area contributed by atoms with Crippen molar-refractivity contribution in [2.24, 2.45) is 0 Å². The summed E-state index contributed by atoms with van der Waals surface area (Å²) in [4.78, 5) is 23.5. The summed E-state index contributed by atoms with van der Waals surface area (Å²) in [7, 11) is 3.22. The first-order valence-electron chi connectivity index (χ1n) is 12.9. The Morgan fingerprint density at radius 2 is 1.68 bits per heavy atom. The van der Waals surface area contributed by atoms with Gasteiger partial charge in [0.2, 0.25) is 27.9 Å². The van der Waals surface area contributed by atoms with Crippen LogP contribution in [0.15, 0.2) is 18.2 Å². The second-order valence-corrected chi connectivity index (χ2v) is 12.1. The van der Waals surface area contributed by atoms with Crippen molar-refractivity contribution in [3.63, 3.8) is 0 Å². The number of halogens is 2. The van der Waals surface area contributed by atoms with E-state index in [1.54, 1.807) is 25.2 Å². The van der Waals surface area contributed by atoms with E-state index in [1.807, 2.05) is 28.8 Å². The third-order valence-corrected chi connectivity index (χ3v) is 8.95. The average Bonchev–Trinajstić information content (AvgIpc) is 3.32. The lowest BCUT2D eigenvalue weighted by Gasteiger charge is -2.43. The van der Waals surface area contributed by atoms with E-state index in [1.165, 1.54) is 16.0 Å². The number of hydrogen-bond donors (Lipinski definition) is 0. The van der Waals surface area contributed by atoms with Crippen molar-refractivity contribution in [2.75, 3.05) is 89.7 Å². The van der Waals surface area contributed by atoms with Gasteiger partial charge >= 0.3 is 0 Å². The summed E-state index contributed by atoms with van der Waals surface area (Å²) < 4.78 is 67.5. The summed E-state index contributed by atoms with van der Waals surface area (Å²) in [5.41, 5.74) is 0.636. The summed E-state index contributed by atoms with van der Waals surface area (Å²) >= 11 is 0. The molecule has 0 unspecified atom stereocenters. The zero-order valence-corrected chi connectivity index (χ0v) is 23.7. The number of benzene rings is 1. The summed E-state index contributed by atoms with van der Waals surface area (Å²) in [6.07, 6.45) is -2.90. The topological polar surface area (TPSA) is 122 Å². The lowest BCUT2D eigenvalue weighted by molar-refractivity contribution is 0.122. The maximum atomic E-state index is 14.2. The smallest absolute Gasteiger partial charge is 0.296 e. The number of methoxy groups -OCH3 is 1. The van der Waals surface area contributed by atoms with Gasteiger partial charge in [-0.2, -0.15) is 19.3 Å². The summed E-state index contributed by atoms with van der Waals surface area (Å²) in [6.45, 7) is 3.13. The van der Waals surface area contributed by atoms with Crippen LogP contribution in [-0.2, 0) is 14.8 Å². The van der Waals surface area contributed by atoms with Crippen LogP contribution in [0.1, 0.15) is 12.2 Å². The number of likely N-dealkylation sites (N-methyl/N-ethyl adjacent to an activating group) is 1. The quantitative estimate of drug-likeness (QED) is 0.341. The number of morpholine rings is 1. The number of ether oxygens (including phenoxy) is 2. The minimum absolute atomic E-state index is 0.00652. The Hall–Kier alpha value is -3.21. The molecule has 5 rings (SSSR count). The van der Waals surface area contributed by atoms with Gasteiger partial charge in [-0.25, -0.2) is 22.2 Å². The SMILES string of the molecule is COc1cccc2c1nc(C(F)F)n2-c1nc(N2CCOCC2)nc(N2CC(N(C)S(=O)(=O)CCN(C)C)C2)n1. The minimum atomic E-state index is -3.45. The Kier molecular flexibility index (Phi) is 8.03. The molecule has 0 bridgehead atoms. The molecule has 0 atom stereocenters. The largest absolute Gasteiger partial charge is 0.494 e. The molecule has 218 valence electrons. The molecule has 4 heterocycles. The fraction of sp³-hybridized carbons (Fsp3) is 0.583. The van der Waals surface area contributed by atoms with Crippen LogP contribution in [0.3, 0.4) is 0 Å². The molecule has 0 N–H and O–H groups in total. The summed E-state index contributed by atoms with van der Waals surface area (Å²) in [5.74, 6) is 0.434. The molecule has 16 heteroatoms. The fourth-order valence-electron chi connectivity index (χ4n) is 4.62. The van der Waals surface area contributed by atoms with Crippen LogP contribution < -0.4 is 14.5 Å². The van der Waals surface area contributed by atoms with Gasteiger partial charge in [0.25, 0.3) is 6.43 Å². The zero-order chi connectivity index (χ0) is 28.6. The third-order valence-electron chi connectivity index (χ3n) is 7.08. The maximum Gasteiger partial charge on any atom is 0.296 e. The molecule has 2 aromatic heterocycles. The fourth-order valence-corrected chi connectivity index (χ4v) is 6.09. The van der Waals surface area contributed by atoms with E-state index in [4.69, 9.17) is 9.47 Å². The highest BCUT2D eigenvalue weighted by Gasteiger charge is 2.38. The average molecular weight is 582 g/mol. The summed E-state index contributed by atoms with van der Waals surface area (Å²) in [5, 5.41) is 0. The van der Waals surface area contributed by atoms with E-state index in [9.17, 15) is 17.2 Å². The van der Waals surface area contributed by atoms with E-state index < -0.39 is 22.3 Å². The minimum Gasteiger partial charge on any atom is -0.494 e. The molecule has 2 aliphatic heterocycles. The second kappa shape index (κ2) is 11.3. The molecule has 2 aliphatic rings. The molecule has 40 heavy (non-hydrogen) atoms. The lowest BCUT2D eigenvalue weighted by atomic mass is 10.1. The molecule has 0 spiro atoms. The molecule has 2 saturated heterocycles. The predicted octanol–water partition coefficient (Wildman–Crippen LogP) is 1.01. The van der Waals surface area contributed by atoms with E-state index in [2.05, 4.69) is 19.9 Å². The monoisotopic (exact) mass is 581 g/mol. The van der Waals surface area contributed by atoms with Gasteiger partial charge in [0.1, 0.15) is 11.3 Å². The first kappa shape index (κ1) is 28.3. The standard InChI is InChI=1S/C24H33F2N9O4S/c1-31(2)10-13-40(36,37)32(3)16-14-34(15-16)23-28-22(33-8-11-39-12-9-33)29-24(30-23)35-17-6-5-7-18(38-4)19(17)27-21(35)20(25)26/h5-7,16,20H,8-15H2,1-4H3. The second-order valence-electron chi connectivity index (χ2n) is 9.96.